The minimum absolute atomic E-state index is 0.384. The Bertz CT molecular complexity index is 242. The highest BCUT2D eigenvalue weighted by Gasteiger charge is 2.45. The van der Waals surface area contributed by atoms with Gasteiger partial charge in [0.05, 0.1) is 5.60 Å². The van der Waals surface area contributed by atoms with Gasteiger partial charge in [0.1, 0.15) is 0 Å². The first-order valence-electron chi connectivity index (χ1n) is 7.13. The molecule has 2 unspecified atom stereocenters. The number of hydrogen-bond donors (Lipinski definition) is 1. The van der Waals surface area contributed by atoms with E-state index in [9.17, 15) is 5.11 Å². The van der Waals surface area contributed by atoms with Crippen LogP contribution in [-0.2, 0) is 0 Å². The molecule has 1 N–H and O–H groups in total. The SMILES string of the molecule is CC(C)[C@@H]1CC[C@@H](C)C2CC[C@](C)(O)CC21. The molecule has 2 fully saturated rings. The van der Waals surface area contributed by atoms with Crippen molar-refractivity contribution in [3.63, 3.8) is 0 Å². The van der Waals surface area contributed by atoms with Gasteiger partial charge in [-0.3, -0.25) is 0 Å². The molecular formula is C15H28O. The lowest BCUT2D eigenvalue weighted by atomic mass is 9.57. The van der Waals surface area contributed by atoms with Crippen LogP contribution in [0.2, 0.25) is 0 Å². The predicted molar refractivity (Wildman–Crippen MR) is 68.2 cm³/mol. The van der Waals surface area contributed by atoms with Crippen LogP contribution in [0.4, 0.5) is 0 Å². The summed E-state index contributed by atoms with van der Waals surface area (Å²) >= 11 is 0. The molecule has 0 bridgehead atoms. The van der Waals surface area contributed by atoms with Crippen LogP contribution in [0, 0.1) is 29.6 Å². The summed E-state index contributed by atoms with van der Waals surface area (Å²) in [6.07, 6.45) is 6.11. The van der Waals surface area contributed by atoms with Crippen molar-refractivity contribution in [2.45, 2.75) is 65.4 Å². The van der Waals surface area contributed by atoms with Crippen molar-refractivity contribution in [3.8, 4) is 0 Å². The Kier molecular flexibility index (Phi) is 3.36. The zero-order valence-electron chi connectivity index (χ0n) is 11.4. The molecule has 0 amide bonds. The van der Waals surface area contributed by atoms with Crippen LogP contribution in [0.25, 0.3) is 0 Å². The molecule has 0 aromatic heterocycles. The Labute approximate surface area is 101 Å². The van der Waals surface area contributed by atoms with Crippen molar-refractivity contribution in [2.75, 3.05) is 0 Å². The van der Waals surface area contributed by atoms with Gasteiger partial charge in [-0.25, -0.2) is 0 Å². The first-order valence-corrected chi connectivity index (χ1v) is 7.13. The van der Waals surface area contributed by atoms with E-state index in [1.807, 2.05) is 6.92 Å². The van der Waals surface area contributed by atoms with Crippen molar-refractivity contribution in [1.29, 1.82) is 0 Å². The summed E-state index contributed by atoms with van der Waals surface area (Å²) in [6.45, 7) is 9.19. The van der Waals surface area contributed by atoms with Crippen LogP contribution in [-0.4, -0.2) is 10.7 Å². The molecule has 0 heterocycles. The van der Waals surface area contributed by atoms with Crippen LogP contribution >= 0.6 is 0 Å². The molecule has 2 aliphatic carbocycles. The third-order valence-corrected chi connectivity index (χ3v) is 5.33. The molecule has 16 heavy (non-hydrogen) atoms. The highest BCUT2D eigenvalue weighted by molar-refractivity contribution is 4.95. The Morgan fingerprint density at radius 2 is 1.81 bits per heavy atom. The van der Waals surface area contributed by atoms with Gasteiger partial charge in [-0.2, -0.15) is 0 Å². The van der Waals surface area contributed by atoms with Gasteiger partial charge >= 0.3 is 0 Å². The topological polar surface area (TPSA) is 20.2 Å². The third-order valence-electron chi connectivity index (χ3n) is 5.33. The highest BCUT2D eigenvalue weighted by atomic mass is 16.3. The van der Waals surface area contributed by atoms with E-state index < -0.39 is 0 Å². The van der Waals surface area contributed by atoms with Gasteiger partial charge in [0, 0.05) is 0 Å². The zero-order chi connectivity index (χ0) is 11.9. The van der Waals surface area contributed by atoms with Crippen molar-refractivity contribution < 1.29 is 5.11 Å². The summed E-state index contributed by atoms with van der Waals surface area (Å²) in [6, 6.07) is 0. The Balaban J connectivity index is 2.15. The second-order valence-electron chi connectivity index (χ2n) is 7.03. The van der Waals surface area contributed by atoms with Gasteiger partial charge < -0.3 is 5.11 Å². The van der Waals surface area contributed by atoms with Gasteiger partial charge in [0.25, 0.3) is 0 Å². The number of hydrogen-bond acceptors (Lipinski definition) is 1. The molecule has 0 aromatic rings. The zero-order valence-corrected chi connectivity index (χ0v) is 11.4. The molecule has 0 radical (unpaired) electrons. The largest absolute Gasteiger partial charge is 0.390 e. The predicted octanol–water partition coefficient (Wildman–Crippen LogP) is 3.86. The lowest BCUT2D eigenvalue weighted by Crippen LogP contribution is -2.45. The van der Waals surface area contributed by atoms with Crippen LogP contribution in [0.5, 0.6) is 0 Å². The molecule has 1 nitrogen and oxygen atoms in total. The first-order chi connectivity index (χ1) is 7.41. The quantitative estimate of drug-likeness (QED) is 0.717. The standard InChI is InChI=1S/C15H28O/c1-10(2)12-6-5-11(3)13-7-8-15(4,16)9-14(12)13/h10-14,16H,5-9H2,1-4H3/t11-,12+,13?,14?,15+/m1/s1. The molecule has 94 valence electrons. The third kappa shape index (κ3) is 2.30. The van der Waals surface area contributed by atoms with E-state index >= 15 is 0 Å². The summed E-state index contributed by atoms with van der Waals surface area (Å²) in [5.74, 6) is 4.20. The molecule has 0 aliphatic heterocycles. The molecule has 2 rings (SSSR count). The molecule has 5 atom stereocenters. The van der Waals surface area contributed by atoms with Gasteiger partial charge in [0.15, 0.2) is 0 Å². The Morgan fingerprint density at radius 3 is 2.44 bits per heavy atom. The summed E-state index contributed by atoms with van der Waals surface area (Å²) < 4.78 is 0. The maximum atomic E-state index is 10.3. The monoisotopic (exact) mass is 224 g/mol. The van der Waals surface area contributed by atoms with Crippen molar-refractivity contribution in [1.82, 2.24) is 0 Å². The Hall–Kier alpha value is -0.0400. The minimum atomic E-state index is -0.384. The van der Waals surface area contributed by atoms with E-state index in [1.165, 1.54) is 19.3 Å². The number of fused-ring (bicyclic) bond motifs is 1. The summed E-state index contributed by atoms with van der Waals surface area (Å²) in [5, 5.41) is 10.3. The molecule has 0 saturated heterocycles. The van der Waals surface area contributed by atoms with Crippen LogP contribution in [0.3, 0.4) is 0 Å². The second-order valence-corrected chi connectivity index (χ2v) is 7.03. The average Bonchev–Trinajstić information content (AvgIpc) is 2.15. The maximum Gasteiger partial charge on any atom is 0.0622 e. The van der Waals surface area contributed by atoms with Crippen molar-refractivity contribution in [3.05, 3.63) is 0 Å². The number of aliphatic hydroxyl groups is 1. The fraction of sp³-hybridized carbons (Fsp3) is 1.00. The van der Waals surface area contributed by atoms with Crippen molar-refractivity contribution in [2.24, 2.45) is 29.6 Å². The van der Waals surface area contributed by atoms with Crippen LogP contribution < -0.4 is 0 Å². The summed E-state index contributed by atoms with van der Waals surface area (Å²) in [5.41, 5.74) is -0.384. The van der Waals surface area contributed by atoms with Gasteiger partial charge in [-0.1, -0.05) is 27.2 Å². The summed E-state index contributed by atoms with van der Waals surface area (Å²) in [7, 11) is 0. The maximum absolute atomic E-state index is 10.3. The first kappa shape index (κ1) is 12.4. The van der Waals surface area contributed by atoms with E-state index in [2.05, 4.69) is 20.8 Å². The average molecular weight is 224 g/mol. The summed E-state index contributed by atoms with van der Waals surface area (Å²) in [4.78, 5) is 0. The molecule has 2 saturated carbocycles. The number of rotatable bonds is 1. The molecule has 0 aromatic carbocycles. The van der Waals surface area contributed by atoms with E-state index in [-0.39, 0.29) is 5.60 Å². The Morgan fingerprint density at radius 1 is 1.12 bits per heavy atom. The molecular weight excluding hydrogens is 196 g/mol. The second kappa shape index (κ2) is 4.33. The molecule has 2 aliphatic rings. The highest BCUT2D eigenvalue weighted by Crippen LogP contribution is 2.51. The van der Waals surface area contributed by atoms with E-state index in [0.717, 1.165) is 42.4 Å². The molecule has 1 heteroatoms. The van der Waals surface area contributed by atoms with Gasteiger partial charge in [-0.05, 0) is 62.2 Å². The smallest absolute Gasteiger partial charge is 0.0622 e. The van der Waals surface area contributed by atoms with Crippen molar-refractivity contribution >= 4 is 0 Å². The van der Waals surface area contributed by atoms with Crippen LogP contribution in [0.15, 0.2) is 0 Å². The fourth-order valence-electron chi connectivity index (χ4n) is 4.34. The van der Waals surface area contributed by atoms with E-state index in [1.54, 1.807) is 0 Å². The van der Waals surface area contributed by atoms with Gasteiger partial charge in [0.2, 0.25) is 0 Å². The van der Waals surface area contributed by atoms with Gasteiger partial charge in [-0.15, -0.1) is 0 Å². The normalized spacial score (nSPS) is 49.1. The van der Waals surface area contributed by atoms with E-state index in [0.29, 0.717) is 0 Å². The molecule has 0 spiro atoms. The fourth-order valence-corrected chi connectivity index (χ4v) is 4.34. The lowest BCUT2D eigenvalue weighted by Gasteiger charge is -2.50. The van der Waals surface area contributed by atoms with Crippen LogP contribution in [0.1, 0.15) is 59.8 Å². The minimum Gasteiger partial charge on any atom is -0.390 e. The lowest BCUT2D eigenvalue weighted by molar-refractivity contribution is -0.0711. The van der Waals surface area contributed by atoms with E-state index in [4.69, 9.17) is 0 Å².